The van der Waals surface area contributed by atoms with Gasteiger partial charge < -0.3 is 11.1 Å². The van der Waals surface area contributed by atoms with Crippen LogP contribution in [-0.2, 0) is 11.8 Å². The van der Waals surface area contributed by atoms with Gasteiger partial charge in [0.05, 0.1) is 6.54 Å². The van der Waals surface area contributed by atoms with Crippen molar-refractivity contribution in [1.82, 2.24) is 10.3 Å². The van der Waals surface area contributed by atoms with Gasteiger partial charge in [0.25, 0.3) is 0 Å². The number of hydrogen-bond donors (Lipinski definition) is 2. The van der Waals surface area contributed by atoms with Crippen molar-refractivity contribution in [1.29, 1.82) is 0 Å². The molecule has 1 aliphatic rings. The van der Waals surface area contributed by atoms with Gasteiger partial charge in [-0.25, -0.2) is 4.39 Å². The molecule has 2 aromatic rings. The van der Waals surface area contributed by atoms with Crippen LogP contribution >= 0.6 is 24.0 Å². The summed E-state index contributed by atoms with van der Waals surface area (Å²) in [7, 11) is 0. The maximum atomic E-state index is 13.9. The van der Waals surface area contributed by atoms with Crippen LogP contribution in [0.5, 0.6) is 0 Å². The van der Waals surface area contributed by atoms with Crippen molar-refractivity contribution in [2.75, 3.05) is 13.1 Å². The van der Waals surface area contributed by atoms with Crippen LogP contribution in [0.1, 0.15) is 24.1 Å². The Morgan fingerprint density at radius 3 is 2.62 bits per heavy atom. The Hall–Kier alpha value is -1.70. The molecule has 4 nitrogen and oxygen atoms in total. The molecule has 0 spiro atoms. The van der Waals surface area contributed by atoms with Gasteiger partial charge in [-0.15, -0.1) is 24.0 Å². The molecule has 1 heterocycles. The van der Waals surface area contributed by atoms with E-state index in [1.807, 2.05) is 30.3 Å². The third-order valence-electron chi connectivity index (χ3n) is 4.26. The van der Waals surface area contributed by atoms with E-state index in [-0.39, 0.29) is 35.2 Å². The molecular formula is C18H22FIN4. The third-order valence-corrected chi connectivity index (χ3v) is 4.26. The molecule has 0 bridgehead atoms. The van der Waals surface area contributed by atoms with Gasteiger partial charge in [-0.3, -0.25) is 9.98 Å². The molecule has 0 atom stereocenters. The number of nitrogens with two attached hydrogens (primary N) is 1. The highest BCUT2D eigenvalue weighted by molar-refractivity contribution is 14.0. The van der Waals surface area contributed by atoms with E-state index in [1.165, 1.54) is 6.07 Å². The average molecular weight is 440 g/mol. The molecule has 1 aliphatic carbocycles. The molecule has 3 rings (SSSR count). The van der Waals surface area contributed by atoms with Crippen LogP contribution in [0.2, 0.25) is 0 Å². The van der Waals surface area contributed by atoms with Gasteiger partial charge in [0.2, 0.25) is 0 Å². The fraction of sp³-hybridized carbons (Fsp3) is 0.333. The van der Waals surface area contributed by atoms with Crippen molar-refractivity contribution in [2.45, 2.75) is 24.7 Å². The van der Waals surface area contributed by atoms with Gasteiger partial charge in [0.1, 0.15) is 5.82 Å². The van der Waals surface area contributed by atoms with Gasteiger partial charge in [0.15, 0.2) is 5.96 Å². The van der Waals surface area contributed by atoms with E-state index in [2.05, 4.69) is 15.3 Å². The van der Waals surface area contributed by atoms with Crippen LogP contribution in [-0.4, -0.2) is 24.0 Å². The number of hydrogen-bond acceptors (Lipinski definition) is 2. The molecule has 3 N–H and O–H groups in total. The normalized spacial score (nSPS) is 15.5. The Labute approximate surface area is 158 Å². The van der Waals surface area contributed by atoms with Gasteiger partial charge in [-0.2, -0.15) is 0 Å². The molecule has 1 aromatic carbocycles. The van der Waals surface area contributed by atoms with Gasteiger partial charge >= 0.3 is 0 Å². The number of nitrogens with zero attached hydrogens (tertiary/aromatic N) is 2. The zero-order chi connectivity index (χ0) is 16.1. The summed E-state index contributed by atoms with van der Waals surface area (Å²) in [4.78, 5) is 8.66. The summed E-state index contributed by atoms with van der Waals surface area (Å²) in [5.74, 6) is 0.255. The summed E-state index contributed by atoms with van der Waals surface area (Å²) in [6.45, 7) is 1.20. The number of aliphatic imine (C=N–C) groups is 1. The number of rotatable bonds is 6. The SMILES string of the molecule is I.NC(=NCC1(c2ccccc2F)CC1)NCCc1ccccn1. The number of halogens is 2. The first-order valence-electron chi connectivity index (χ1n) is 7.88. The second-order valence-electron chi connectivity index (χ2n) is 5.96. The summed E-state index contributed by atoms with van der Waals surface area (Å²) in [6, 6.07) is 12.8. The lowest BCUT2D eigenvalue weighted by molar-refractivity contribution is 0.573. The van der Waals surface area contributed by atoms with Crippen molar-refractivity contribution in [3.8, 4) is 0 Å². The van der Waals surface area contributed by atoms with Crippen LogP contribution in [0.25, 0.3) is 0 Å². The molecule has 0 amide bonds. The third kappa shape index (κ3) is 4.66. The van der Waals surface area contributed by atoms with Crippen molar-refractivity contribution in [3.63, 3.8) is 0 Å². The fourth-order valence-electron chi connectivity index (χ4n) is 2.71. The maximum Gasteiger partial charge on any atom is 0.188 e. The molecule has 0 aliphatic heterocycles. The molecule has 24 heavy (non-hydrogen) atoms. The van der Waals surface area contributed by atoms with Crippen molar-refractivity contribution in [2.24, 2.45) is 10.7 Å². The predicted octanol–water partition coefficient (Wildman–Crippen LogP) is 3.02. The van der Waals surface area contributed by atoms with E-state index in [9.17, 15) is 4.39 Å². The van der Waals surface area contributed by atoms with E-state index in [4.69, 9.17) is 5.73 Å². The highest BCUT2D eigenvalue weighted by Gasteiger charge is 2.45. The number of benzene rings is 1. The first-order chi connectivity index (χ1) is 11.2. The summed E-state index contributed by atoms with van der Waals surface area (Å²) in [5, 5.41) is 3.09. The van der Waals surface area contributed by atoms with E-state index >= 15 is 0 Å². The zero-order valence-electron chi connectivity index (χ0n) is 13.4. The number of aromatic nitrogens is 1. The van der Waals surface area contributed by atoms with Gasteiger partial charge in [-0.1, -0.05) is 24.3 Å². The minimum absolute atomic E-state index is 0. The topological polar surface area (TPSA) is 63.3 Å². The lowest BCUT2D eigenvalue weighted by Gasteiger charge is -2.14. The van der Waals surface area contributed by atoms with Gasteiger partial charge in [0, 0.05) is 30.3 Å². The van der Waals surface area contributed by atoms with E-state index in [1.54, 1.807) is 12.3 Å². The number of guanidine groups is 1. The van der Waals surface area contributed by atoms with Crippen molar-refractivity contribution in [3.05, 3.63) is 65.7 Å². The zero-order valence-corrected chi connectivity index (χ0v) is 15.7. The lowest BCUT2D eigenvalue weighted by atomic mass is 9.95. The van der Waals surface area contributed by atoms with E-state index < -0.39 is 0 Å². The van der Waals surface area contributed by atoms with Crippen molar-refractivity contribution < 1.29 is 4.39 Å². The Morgan fingerprint density at radius 1 is 1.21 bits per heavy atom. The summed E-state index contributed by atoms with van der Waals surface area (Å²) < 4.78 is 13.9. The van der Waals surface area contributed by atoms with Crippen LogP contribution < -0.4 is 11.1 Å². The molecule has 1 fully saturated rings. The second-order valence-corrected chi connectivity index (χ2v) is 5.96. The van der Waals surface area contributed by atoms with Crippen LogP contribution in [0.4, 0.5) is 4.39 Å². The molecule has 1 aromatic heterocycles. The quantitative estimate of drug-likeness (QED) is 0.413. The Kier molecular flexibility index (Phi) is 6.53. The van der Waals surface area contributed by atoms with Crippen LogP contribution in [0.15, 0.2) is 53.7 Å². The molecule has 128 valence electrons. The van der Waals surface area contributed by atoms with E-state index in [0.29, 0.717) is 19.0 Å². The van der Waals surface area contributed by atoms with Crippen LogP contribution in [0, 0.1) is 5.82 Å². The molecule has 0 saturated heterocycles. The highest BCUT2D eigenvalue weighted by atomic mass is 127. The number of nitrogens with one attached hydrogen (secondary N) is 1. The predicted molar refractivity (Wildman–Crippen MR) is 105 cm³/mol. The summed E-state index contributed by atoms with van der Waals surface area (Å²) in [6.07, 6.45) is 4.48. The summed E-state index contributed by atoms with van der Waals surface area (Å²) >= 11 is 0. The Morgan fingerprint density at radius 2 is 1.96 bits per heavy atom. The molecule has 1 saturated carbocycles. The maximum absolute atomic E-state index is 13.9. The monoisotopic (exact) mass is 440 g/mol. The van der Waals surface area contributed by atoms with Gasteiger partial charge in [-0.05, 0) is 36.6 Å². The number of pyridine rings is 1. The van der Waals surface area contributed by atoms with E-state index in [0.717, 1.165) is 30.5 Å². The standard InChI is InChI=1S/C18H21FN4.HI/c19-16-7-2-1-6-15(16)18(9-10-18)13-23-17(20)22-12-8-14-5-3-4-11-21-14;/h1-7,11H,8-10,12-13H2,(H3,20,22,23);1H. The Bertz CT molecular complexity index is 686. The minimum atomic E-state index is -0.168. The first-order valence-corrected chi connectivity index (χ1v) is 7.88. The smallest absolute Gasteiger partial charge is 0.188 e. The van der Waals surface area contributed by atoms with Crippen LogP contribution in [0.3, 0.4) is 0 Å². The second kappa shape index (κ2) is 8.41. The largest absolute Gasteiger partial charge is 0.370 e. The Balaban J connectivity index is 0.00000208. The molecule has 6 heteroatoms. The molecule has 0 unspecified atom stereocenters. The lowest BCUT2D eigenvalue weighted by Crippen LogP contribution is -2.34. The average Bonchev–Trinajstić information content (AvgIpc) is 3.35. The first kappa shape index (κ1) is 18.6. The summed E-state index contributed by atoms with van der Waals surface area (Å²) in [5.41, 5.74) is 7.51. The molecule has 0 radical (unpaired) electrons. The van der Waals surface area contributed by atoms with Crippen molar-refractivity contribution >= 4 is 29.9 Å². The molecular weight excluding hydrogens is 418 g/mol. The fourth-order valence-corrected chi connectivity index (χ4v) is 2.71. The highest BCUT2D eigenvalue weighted by Crippen LogP contribution is 2.49. The minimum Gasteiger partial charge on any atom is -0.370 e.